The predicted molar refractivity (Wildman–Crippen MR) is 113 cm³/mol. The molecule has 0 spiro atoms. The minimum atomic E-state index is -0.0476. The molecule has 3 aromatic rings. The number of benzene rings is 1. The Kier molecular flexibility index (Phi) is 5.78. The molecular weight excluding hydrogens is 352 g/mol. The number of carbonyl (C=O) groups is 1. The molecule has 2 aromatic heterocycles. The van der Waals surface area contributed by atoms with Crippen LogP contribution in [0.25, 0.3) is 11.0 Å². The molecule has 0 aliphatic rings. The van der Waals surface area contributed by atoms with Crippen LogP contribution >= 0.6 is 0 Å². The van der Waals surface area contributed by atoms with Gasteiger partial charge < -0.3 is 15.0 Å². The molecule has 0 fully saturated rings. The smallest absolute Gasteiger partial charge is 0.257 e. The van der Waals surface area contributed by atoms with Crippen molar-refractivity contribution in [3.63, 3.8) is 0 Å². The van der Waals surface area contributed by atoms with Gasteiger partial charge in [-0.1, -0.05) is 0 Å². The number of carbonyl (C=O) groups excluding carboxylic acids is 1. The van der Waals surface area contributed by atoms with Gasteiger partial charge in [-0.15, -0.1) is 0 Å². The maximum Gasteiger partial charge on any atom is 0.257 e. The lowest BCUT2D eigenvalue weighted by Crippen LogP contribution is -2.31. The van der Waals surface area contributed by atoms with Crippen molar-refractivity contribution >= 4 is 28.3 Å². The van der Waals surface area contributed by atoms with E-state index < -0.39 is 0 Å². The van der Waals surface area contributed by atoms with Crippen LogP contribution in [0.4, 0.5) is 11.4 Å². The standard InChI is InChI=1S/C22H26N4O2/c1-6-26(7-2)22(27)18-13-23-21-17(10-8-15(4)24-21)20(18)25-19-11-9-16(28-5)12-14(19)3/h8-13H,6-7H2,1-5H3,(H,23,24,25). The molecule has 0 bridgehead atoms. The Morgan fingerprint density at radius 2 is 1.89 bits per heavy atom. The summed E-state index contributed by atoms with van der Waals surface area (Å²) in [5.41, 5.74) is 4.69. The number of nitrogens with one attached hydrogen (secondary N) is 1. The Labute approximate surface area is 165 Å². The maximum atomic E-state index is 13.1. The van der Waals surface area contributed by atoms with Crippen molar-refractivity contribution in [2.45, 2.75) is 27.7 Å². The molecule has 1 aromatic carbocycles. The van der Waals surface area contributed by atoms with Crippen LogP contribution in [0, 0.1) is 13.8 Å². The third kappa shape index (κ3) is 3.76. The van der Waals surface area contributed by atoms with Crippen molar-refractivity contribution in [3.05, 3.63) is 53.3 Å². The first kappa shape index (κ1) is 19.6. The Bertz CT molecular complexity index is 1010. The van der Waals surface area contributed by atoms with Gasteiger partial charge in [0.2, 0.25) is 0 Å². The molecule has 0 radical (unpaired) electrons. The second kappa shape index (κ2) is 8.25. The molecule has 0 saturated carbocycles. The largest absolute Gasteiger partial charge is 0.497 e. The number of anilines is 2. The van der Waals surface area contributed by atoms with Crippen LogP contribution in [0.15, 0.2) is 36.5 Å². The van der Waals surface area contributed by atoms with E-state index in [2.05, 4.69) is 15.3 Å². The predicted octanol–water partition coefficient (Wildman–Crippen LogP) is 4.48. The number of hydrogen-bond donors (Lipinski definition) is 1. The topological polar surface area (TPSA) is 67.4 Å². The lowest BCUT2D eigenvalue weighted by Gasteiger charge is -2.22. The van der Waals surface area contributed by atoms with Crippen LogP contribution < -0.4 is 10.1 Å². The molecule has 6 nitrogen and oxygen atoms in total. The molecule has 2 heterocycles. The van der Waals surface area contributed by atoms with Crippen LogP contribution in [0.2, 0.25) is 0 Å². The van der Waals surface area contributed by atoms with Crippen LogP contribution in [0.5, 0.6) is 5.75 Å². The molecule has 146 valence electrons. The van der Waals surface area contributed by atoms with Gasteiger partial charge >= 0.3 is 0 Å². The van der Waals surface area contributed by atoms with Crippen molar-refractivity contribution in [2.75, 3.05) is 25.5 Å². The summed E-state index contributed by atoms with van der Waals surface area (Å²) in [7, 11) is 1.65. The van der Waals surface area contributed by atoms with Gasteiger partial charge in [0.05, 0.1) is 18.4 Å². The van der Waals surface area contributed by atoms with E-state index in [-0.39, 0.29) is 5.91 Å². The molecule has 3 rings (SSSR count). The molecule has 0 saturated heterocycles. The number of pyridine rings is 2. The second-order valence-electron chi connectivity index (χ2n) is 6.65. The van der Waals surface area contributed by atoms with Crippen molar-refractivity contribution in [1.29, 1.82) is 0 Å². The summed E-state index contributed by atoms with van der Waals surface area (Å²) in [4.78, 5) is 23.9. The highest BCUT2D eigenvalue weighted by atomic mass is 16.5. The summed E-state index contributed by atoms with van der Waals surface area (Å²) in [5.74, 6) is 0.744. The molecule has 1 amide bonds. The Morgan fingerprint density at radius 3 is 2.54 bits per heavy atom. The minimum absolute atomic E-state index is 0.0476. The zero-order valence-corrected chi connectivity index (χ0v) is 17.0. The number of amides is 1. The average molecular weight is 378 g/mol. The van der Waals surface area contributed by atoms with Crippen LogP contribution in [0.3, 0.4) is 0 Å². The van der Waals surface area contributed by atoms with E-state index >= 15 is 0 Å². The summed E-state index contributed by atoms with van der Waals surface area (Å²) >= 11 is 0. The zero-order valence-electron chi connectivity index (χ0n) is 17.0. The molecule has 1 N–H and O–H groups in total. The highest BCUT2D eigenvalue weighted by Crippen LogP contribution is 2.32. The average Bonchev–Trinajstić information content (AvgIpc) is 2.70. The van der Waals surface area contributed by atoms with E-state index in [1.807, 2.05) is 58.0 Å². The fraction of sp³-hybridized carbons (Fsp3) is 0.318. The number of ether oxygens (including phenoxy) is 1. The zero-order chi connectivity index (χ0) is 20.3. The van der Waals surface area contributed by atoms with Gasteiger partial charge in [-0.25, -0.2) is 9.97 Å². The van der Waals surface area contributed by atoms with Gasteiger partial charge in [0.15, 0.2) is 5.65 Å². The summed E-state index contributed by atoms with van der Waals surface area (Å²) in [5, 5.41) is 4.27. The summed E-state index contributed by atoms with van der Waals surface area (Å²) in [6, 6.07) is 9.70. The molecule has 0 aliphatic carbocycles. The van der Waals surface area contributed by atoms with E-state index in [0.717, 1.165) is 33.8 Å². The number of fused-ring (bicyclic) bond motifs is 1. The number of aryl methyl sites for hydroxylation is 2. The first-order valence-corrected chi connectivity index (χ1v) is 9.45. The van der Waals surface area contributed by atoms with Crippen molar-refractivity contribution in [1.82, 2.24) is 14.9 Å². The summed E-state index contributed by atoms with van der Waals surface area (Å²) in [6.07, 6.45) is 1.62. The van der Waals surface area contributed by atoms with Crippen LogP contribution in [0.1, 0.15) is 35.5 Å². The van der Waals surface area contributed by atoms with Crippen molar-refractivity contribution in [3.8, 4) is 5.75 Å². The third-order valence-corrected chi connectivity index (χ3v) is 4.84. The molecule has 0 unspecified atom stereocenters. The molecule has 0 aliphatic heterocycles. The highest BCUT2D eigenvalue weighted by Gasteiger charge is 2.20. The normalized spacial score (nSPS) is 10.8. The number of aromatic nitrogens is 2. The van der Waals surface area contributed by atoms with E-state index in [4.69, 9.17) is 4.74 Å². The minimum Gasteiger partial charge on any atom is -0.497 e. The van der Waals surface area contributed by atoms with E-state index in [0.29, 0.717) is 24.3 Å². The quantitative estimate of drug-likeness (QED) is 0.685. The van der Waals surface area contributed by atoms with Gasteiger partial charge in [0.1, 0.15) is 5.75 Å². The molecule has 0 atom stereocenters. The Morgan fingerprint density at radius 1 is 1.14 bits per heavy atom. The van der Waals surface area contributed by atoms with Gasteiger partial charge in [0, 0.05) is 36.1 Å². The Balaban J connectivity index is 2.16. The Hall–Kier alpha value is -3.15. The van der Waals surface area contributed by atoms with Crippen molar-refractivity contribution in [2.24, 2.45) is 0 Å². The lowest BCUT2D eigenvalue weighted by atomic mass is 10.1. The number of methoxy groups -OCH3 is 1. The van der Waals surface area contributed by atoms with E-state index in [1.54, 1.807) is 18.2 Å². The highest BCUT2D eigenvalue weighted by molar-refractivity contribution is 6.07. The van der Waals surface area contributed by atoms with Gasteiger partial charge in [0.25, 0.3) is 5.91 Å². The first-order chi connectivity index (χ1) is 13.5. The number of rotatable bonds is 6. The number of nitrogens with zero attached hydrogens (tertiary/aromatic N) is 3. The summed E-state index contributed by atoms with van der Waals surface area (Å²) < 4.78 is 5.30. The lowest BCUT2D eigenvalue weighted by molar-refractivity contribution is 0.0773. The number of hydrogen-bond acceptors (Lipinski definition) is 5. The molecule has 28 heavy (non-hydrogen) atoms. The fourth-order valence-electron chi connectivity index (χ4n) is 3.19. The first-order valence-electron chi connectivity index (χ1n) is 9.45. The molecule has 6 heteroatoms. The maximum absolute atomic E-state index is 13.1. The van der Waals surface area contributed by atoms with Crippen molar-refractivity contribution < 1.29 is 9.53 Å². The summed E-state index contributed by atoms with van der Waals surface area (Å²) in [6.45, 7) is 9.16. The second-order valence-corrected chi connectivity index (χ2v) is 6.65. The van der Waals surface area contributed by atoms with E-state index in [9.17, 15) is 4.79 Å². The molecular formula is C22H26N4O2. The van der Waals surface area contributed by atoms with Gasteiger partial charge in [-0.2, -0.15) is 0 Å². The monoisotopic (exact) mass is 378 g/mol. The van der Waals surface area contributed by atoms with Gasteiger partial charge in [-0.05, 0) is 63.6 Å². The van der Waals surface area contributed by atoms with E-state index in [1.165, 1.54) is 0 Å². The van der Waals surface area contributed by atoms with Crippen LogP contribution in [-0.4, -0.2) is 41.0 Å². The van der Waals surface area contributed by atoms with Crippen LogP contribution in [-0.2, 0) is 0 Å². The van der Waals surface area contributed by atoms with Gasteiger partial charge in [-0.3, -0.25) is 4.79 Å². The SMILES string of the molecule is CCN(CC)C(=O)c1cnc2nc(C)ccc2c1Nc1ccc(OC)cc1C. The fourth-order valence-corrected chi connectivity index (χ4v) is 3.19. The third-order valence-electron chi connectivity index (χ3n) is 4.84.